The molecule has 1 aromatic rings. The number of benzene rings is 1. The lowest BCUT2D eigenvalue weighted by Crippen LogP contribution is -2.45. The fourth-order valence-corrected chi connectivity index (χ4v) is 2.06. The van der Waals surface area contributed by atoms with Crippen molar-refractivity contribution in [3.05, 3.63) is 23.8 Å². The lowest BCUT2D eigenvalue weighted by atomic mass is 9.77. The third-order valence-corrected chi connectivity index (χ3v) is 3.04. The van der Waals surface area contributed by atoms with Crippen molar-refractivity contribution in [3.8, 4) is 5.75 Å². The molecular weight excluding hydrogens is 207 g/mol. The largest absolute Gasteiger partial charge is 0.498 e. The van der Waals surface area contributed by atoms with Gasteiger partial charge in [0.05, 0.1) is 13.2 Å². The molecule has 5 heteroatoms. The lowest BCUT2D eigenvalue weighted by molar-refractivity contribution is -0.0229. The molecule has 4 nitrogen and oxygen atoms in total. The highest BCUT2D eigenvalue weighted by Gasteiger charge is 2.43. The van der Waals surface area contributed by atoms with Crippen molar-refractivity contribution in [3.63, 3.8) is 0 Å². The fraction of sp³-hybridized carbons (Fsp3) is 0.455. The molecule has 0 saturated carbocycles. The minimum absolute atomic E-state index is 0.0871. The maximum Gasteiger partial charge on any atom is 0.498 e. The van der Waals surface area contributed by atoms with Crippen LogP contribution in [0, 0.1) is 0 Å². The van der Waals surface area contributed by atoms with E-state index < -0.39 is 12.7 Å². The summed E-state index contributed by atoms with van der Waals surface area (Å²) in [7, 11) is -0.411. The van der Waals surface area contributed by atoms with E-state index in [0.717, 1.165) is 16.8 Å². The summed E-state index contributed by atoms with van der Waals surface area (Å²) in [5, 5.41) is 9.32. The molecule has 0 fully saturated rings. The smallest absolute Gasteiger partial charge is 0.491 e. The van der Waals surface area contributed by atoms with Crippen molar-refractivity contribution in [2.24, 2.45) is 0 Å². The molecule has 0 saturated heterocycles. The minimum atomic E-state index is -0.703. The summed E-state index contributed by atoms with van der Waals surface area (Å²) in [5.41, 5.74) is 1.37. The monoisotopic (exact) mass is 220 g/mol. The number of hydrogen-bond acceptors (Lipinski definition) is 4. The molecular formula is C11H13BO4. The van der Waals surface area contributed by atoms with Crippen LogP contribution in [0.5, 0.6) is 5.75 Å². The zero-order valence-corrected chi connectivity index (χ0v) is 9.10. The normalized spacial score (nSPS) is 27.2. The second kappa shape index (κ2) is 3.48. The van der Waals surface area contributed by atoms with E-state index in [-0.39, 0.29) is 6.61 Å². The Balaban J connectivity index is 2.04. The molecule has 2 aliphatic heterocycles. The minimum Gasteiger partial charge on any atom is -0.491 e. The van der Waals surface area contributed by atoms with Crippen LogP contribution in [0.3, 0.4) is 0 Å². The fourth-order valence-electron chi connectivity index (χ4n) is 2.06. The highest BCUT2D eigenvalue weighted by atomic mass is 16.6. The van der Waals surface area contributed by atoms with Gasteiger partial charge in [0.15, 0.2) is 0 Å². The standard InChI is InChI=1S/C11H13BO4/c1-11(6-13)7-14-9-4-2-3-8-5-15-12(16-11)10(8)9/h2-4,13H,5-7H2,1H3. The van der Waals surface area contributed by atoms with E-state index >= 15 is 0 Å². The summed E-state index contributed by atoms with van der Waals surface area (Å²) in [4.78, 5) is 0. The summed E-state index contributed by atoms with van der Waals surface area (Å²) in [6.45, 7) is 2.61. The van der Waals surface area contributed by atoms with Gasteiger partial charge in [-0.2, -0.15) is 0 Å². The molecule has 3 rings (SSSR count). The van der Waals surface area contributed by atoms with E-state index in [2.05, 4.69) is 0 Å². The van der Waals surface area contributed by atoms with Gasteiger partial charge in [-0.1, -0.05) is 12.1 Å². The van der Waals surface area contributed by atoms with Crippen LogP contribution in [0.1, 0.15) is 12.5 Å². The third-order valence-electron chi connectivity index (χ3n) is 3.04. The molecule has 0 spiro atoms. The van der Waals surface area contributed by atoms with Crippen molar-refractivity contribution in [1.29, 1.82) is 0 Å². The van der Waals surface area contributed by atoms with Crippen molar-refractivity contribution in [2.45, 2.75) is 19.1 Å². The Morgan fingerprint density at radius 1 is 1.50 bits per heavy atom. The maximum absolute atomic E-state index is 9.32. The van der Waals surface area contributed by atoms with Gasteiger partial charge in [0.25, 0.3) is 0 Å². The van der Waals surface area contributed by atoms with E-state index in [0.29, 0.717) is 13.2 Å². The molecule has 2 aliphatic rings. The highest BCUT2D eigenvalue weighted by Crippen LogP contribution is 2.26. The van der Waals surface area contributed by atoms with Crippen LogP contribution in [-0.2, 0) is 15.9 Å². The molecule has 84 valence electrons. The molecule has 0 aliphatic carbocycles. The predicted molar refractivity (Wildman–Crippen MR) is 58.7 cm³/mol. The molecule has 2 heterocycles. The van der Waals surface area contributed by atoms with Crippen molar-refractivity contribution in [2.75, 3.05) is 13.2 Å². The first-order chi connectivity index (χ1) is 7.72. The van der Waals surface area contributed by atoms with E-state index in [1.807, 2.05) is 25.1 Å². The molecule has 1 aromatic carbocycles. The first-order valence-corrected chi connectivity index (χ1v) is 5.37. The third kappa shape index (κ3) is 1.43. The highest BCUT2D eigenvalue weighted by molar-refractivity contribution is 6.64. The van der Waals surface area contributed by atoms with Crippen LogP contribution in [0.25, 0.3) is 0 Å². The molecule has 1 N–H and O–H groups in total. The van der Waals surface area contributed by atoms with Gasteiger partial charge in [0, 0.05) is 5.46 Å². The molecule has 0 amide bonds. The Bertz CT molecular complexity index is 422. The average molecular weight is 220 g/mol. The number of rotatable bonds is 1. The van der Waals surface area contributed by atoms with Gasteiger partial charge in [-0.05, 0) is 18.6 Å². The van der Waals surface area contributed by atoms with Gasteiger partial charge in [-0.25, -0.2) is 0 Å². The van der Waals surface area contributed by atoms with E-state index in [1.54, 1.807) is 0 Å². The Morgan fingerprint density at radius 3 is 3.19 bits per heavy atom. The van der Waals surface area contributed by atoms with Gasteiger partial charge >= 0.3 is 7.12 Å². The van der Waals surface area contributed by atoms with Crippen LogP contribution in [-0.4, -0.2) is 31.0 Å². The van der Waals surface area contributed by atoms with Crippen LogP contribution < -0.4 is 10.2 Å². The summed E-state index contributed by atoms with van der Waals surface area (Å²) in [5.74, 6) is 0.803. The van der Waals surface area contributed by atoms with Gasteiger partial charge in [-0.15, -0.1) is 0 Å². The van der Waals surface area contributed by atoms with Crippen LogP contribution in [0.2, 0.25) is 0 Å². The quantitative estimate of drug-likeness (QED) is 0.680. The summed E-state index contributed by atoms with van der Waals surface area (Å²) in [6, 6.07) is 5.86. The average Bonchev–Trinajstić information content (AvgIpc) is 2.63. The van der Waals surface area contributed by atoms with Crippen LogP contribution >= 0.6 is 0 Å². The van der Waals surface area contributed by atoms with Gasteiger partial charge in [0.2, 0.25) is 0 Å². The first kappa shape index (κ1) is 10.1. The van der Waals surface area contributed by atoms with Crippen molar-refractivity contribution >= 4 is 12.6 Å². The van der Waals surface area contributed by atoms with E-state index in [4.69, 9.17) is 14.0 Å². The Labute approximate surface area is 94.3 Å². The number of aliphatic hydroxyl groups excluding tert-OH is 1. The van der Waals surface area contributed by atoms with Crippen molar-refractivity contribution < 1.29 is 19.2 Å². The number of hydrogen-bond donors (Lipinski definition) is 1. The van der Waals surface area contributed by atoms with Gasteiger partial charge in [-0.3, -0.25) is 0 Å². The second-order valence-electron chi connectivity index (χ2n) is 4.49. The molecule has 1 atom stereocenters. The number of ether oxygens (including phenoxy) is 1. The van der Waals surface area contributed by atoms with Gasteiger partial charge in [0.1, 0.15) is 18.0 Å². The van der Waals surface area contributed by atoms with Crippen LogP contribution in [0.15, 0.2) is 18.2 Å². The van der Waals surface area contributed by atoms with E-state index in [9.17, 15) is 5.11 Å². The zero-order chi connectivity index (χ0) is 11.2. The summed E-state index contributed by atoms with van der Waals surface area (Å²) >= 11 is 0. The zero-order valence-electron chi connectivity index (χ0n) is 9.10. The van der Waals surface area contributed by atoms with E-state index in [1.165, 1.54) is 0 Å². The van der Waals surface area contributed by atoms with Gasteiger partial charge < -0.3 is 19.2 Å². The summed E-state index contributed by atoms with van der Waals surface area (Å²) in [6.07, 6.45) is 0. The molecule has 16 heavy (non-hydrogen) atoms. The summed E-state index contributed by atoms with van der Waals surface area (Å²) < 4.78 is 17.0. The topological polar surface area (TPSA) is 47.9 Å². The molecule has 0 bridgehead atoms. The number of aliphatic hydroxyl groups is 1. The Morgan fingerprint density at radius 2 is 2.38 bits per heavy atom. The first-order valence-electron chi connectivity index (χ1n) is 5.37. The molecule has 1 unspecified atom stereocenters. The SMILES string of the molecule is CC1(CO)COc2cccc3c2B(OC3)O1. The maximum atomic E-state index is 9.32. The molecule has 0 radical (unpaired) electrons. The van der Waals surface area contributed by atoms with Crippen molar-refractivity contribution in [1.82, 2.24) is 0 Å². The molecule has 0 aromatic heterocycles. The lowest BCUT2D eigenvalue weighted by Gasteiger charge is -2.26. The predicted octanol–water partition coefficient (Wildman–Crippen LogP) is 0.0720. The second-order valence-corrected chi connectivity index (χ2v) is 4.49. The van der Waals surface area contributed by atoms with Crippen LogP contribution in [0.4, 0.5) is 0 Å². The Kier molecular flexibility index (Phi) is 2.21. The Hall–Kier alpha value is -1.04.